The highest BCUT2D eigenvalue weighted by molar-refractivity contribution is 8.15. The van der Waals surface area contributed by atoms with Crippen molar-refractivity contribution in [3.8, 4) is 5.75 Å². The third kappa shape index (κ3) is 4.90. The van der Waals surface area contributed by atoms with Gasteiger partial charge in [-0.1, -0.05) is 23.9 Å². The fourth-order valence-corrected chi connectivity index (χ4v) is 4.55. The van der Waals surface area contributed by atoms with Crippen LogP contribution < -0.4 is 10.1 Å². The normalized spacial score (nSPS) is 20.0. The van der Waals surface area contributed by atoms with Crippen LogP contribution in [-0.4, -0.2) is 40.3 Å². The molecule has 0 bridgehead atoms. The second-order valence-electron chi connectivity index (χ2n) is 7.43. The van der Waals surface area contributed by atoms with Crippen molar-refractivity contribution in [2.45, 2.75) is 36.7 Å². The first-order chi connectivity index (χ1) is 15.3. The van der Waals surface area contributed by atoms with E-state index in [9.17, 15) is 22.8 Å². The minimum absolute atomic E-state index is 0.0472. The van der Waals surface area contributed by atoms with Gasteiger partial charge in [0.05, 0.1) is 24.0 Å². The lowest BCUT2D eigenvalue weighted by Crippen LogP contribution is -2.35. The Balaban J connectivity index is 1.49. The highest BCUT2D eigenvalue weighted by atomic mass is 32.2. The van der Waals surface area contributed by atoms with Crippen molar-refractivity contribution in [2.75, 3.05) is 12.4 Å². The highest BCUT2D eigenvalue weighted by Crippen LogP contribution is 2.40. The number of methoxy groups -OCH3 is 1. The molecule has 6 nitrogen and oxygen atoms in total. The molecule has 4 rings (SSSR count). The molecule has 2 aromatic rings. The summed E-state index contributed by atoms with van der Waals surface area (Å²) in [5.74, 6) is -0.227. The first-order valence-electron chi connectivity index (χ1n) is 9.95. The average molecular weight is 463 g/mol. The van der Waals surface area contributed by atoms with E-state index in [0.29, 0.717) is 16.6 Å². The Kier molecular flexibility index (Phi) is 6.14. The number of ether oxygens (including phenoxy) is 1. The van der Waals surface area contributed by atoms with Crippen molar-refractivity contribution in [2.24, 2.45) is 4.99 Å². The Morgan fingerprint density at radius 2 is 1.88 bits per heavy atom. The molecule has 1 N–H and O–H groups in total. The molecule has 10 heteroatoms. The maximum absolute atomic E-state index is 13.2. The van der Waals surface area contributed by atoms with Crippen LogP contribution in [0.25, 0.3) is 0 Å². The van der Waals surface area contributed by atoms with Gasteiger partial charge in [-0.2, -0.15) is 13.2 Å². The predicted molar refractivity (Wildman–Crippen MR) is 116 cm³/mol. The summed E-state index contributed by atoms with van der Waals surface area (Å²) in [4.78, 5) is 31.6. The van der Waals surface area contributed by atoms with Gasteiger partial charge < -0.3 is 10.1 Å². The van der Waals surface area contributed by atoms with Crippen LogP contribution in [0.2, 0.25) is 0 Å². The lowest BCUT2D eigenvalue weighted by atomic mass is 10.1. The number of alkyl halides is 3. The molecule has 1 saturated heterocycles. The molecule has 2 aromatic carbocycles. The summed E-state index contributed by atoms with van der Waals surface area (Å²) in [6.45, 7) is 0. The quantitative estimate of drug-likeness (QED) is 0.666. The Hall–Kier alpha value is -3.01. The third-order valence-corrected chi connectivity index (χ3v) is 6.20. The monoisotopic (exact) mass is 463 g/mol. The SMILES string of the molecule is COc1ccc(N=C2SC(CC(=O)Nc3ccccc3C(F)(F)F)C(=O)N2C2CC2)cc1. The fourth-order valence-electron chi connectivity index (χ4n) is 3.34. The van der Waals surface area contributed by atoms with Gasteiger partial charge in [-0.3, -0.25) is 14.5 Å². The van der Waals surface area contributed by atoms with Crippen LogP contribution in [0.1, 0.15) is 24.8 Å². The van der Waals surface area contributed by atoms with Crippen LogP contribution in [-0.2, 0) is 15.8 Å². The van der Waals surface area contributed by atoms with Crippen molar-refractivity contribution in [1.29, 1.82) is 0 Å². The number of nitrogens with one attached hydrogen (secondary N) is 1. The minimum atomic E-state index is -4.59. The van der Waals surface area contributed by atoms with Crippen LogP contribution in [0, 0.1) is 0 Å². The number of hydrogen-bond acceptors (Lipinski definition) is 5. The lowest BCUT2D eigenvalue weighted by Gasteiger charge is -2.16. The number of thioether (sulfide) groups is 1. The van der Waals surface area contributed by atoms with Gasteiger partial charge in [0.2, 0.25) is 11.8 Å². The van der Waals surface area contributed by atoms with E-state index in [1.807, 2.05) is 0 Å². The molecule has 2 fully saturated rings. The van der Waals surface area contributed by atoms with Gasteiger partial charge in [-0.25, -0.2) is 4.99 Å². The van der Waals surface area contributed by atoms with E-state index in [2.05, 4.69) is 10.3 Å². The number of benzene rings is 2. The third-order valence-electron chi connectivity index (χ3n) is 5.05. The molecule has 2 aliphatic rings. The maximum atomic E-state index is 13.2. The van der Waals surface area contributed by atoms with Gasteiger partial charge in [-0.15, -0.1) is 0 Å². The van der Waals surface area contributed by atoms with Crippen LogP contribution in [0.5, 0.6) is 5.75 Å². The van der Waals surface area contributed by atoms with Gasteiger partial charge in [0, 0.05) is 12.5 Å². The summed E-state index contributed by atoms with van der Waals surface area (Å²) < 4.78 is 44.7. The van der Waals surface area contributed by atoms with Gasteiger partial charge >= 0.3 is 6.18 Å². The van der Waals surface area contributed by atoms with Gasteiger partial charge in [0.15, 0.2) is 5.17 Å². The lowest BCUT2D eigenvalue weighted by molar-refractivity contribution is -0.137. The number of anilines is 1. The number of carbonyl (C=O) groups excluding carboxylic acids is 2. The molecule has 32 heavy (non-hydrogen) atoms. The number of carbonyl (C=O) groups is 2. The summed E-state index contributed by atoms with van der Waals surface area (Å²) in [5, 5.41) is 2.06. The number of amides is 2. The van der Waals surface area contributed by atoms with Gasteiger partial charge in [0.25, 0.3) is 0 Å². The second kappa shape index (κ2) is 8.85. The molecular weight excluding hydrogens is 443 g/mol. The summed E-state index contributed by atoms with van der Waals surface area (Å²) in [7, 11) is 1.56. The van der Waals surface area contributed by atoms with Crippen LogP contribution in [0.3, 0.4) is 0 Å². The van der Waals surface area contributed by atoms with E-state index in [1.165, 1.54) is 18.2 Å². The number of halogens is 3. The zero-order valence-corrected chi connectivity index (χ0v) is 17.9. The first-order valence-corrected chi connectivity index (χ1v) is 10.8. The number of aliphatic imine (C=N–C) groups is 1. The topological polar surface area (TPSA) is 71.0 Å². The second-order valence-corrected chi connectivity index (χ2v) is 8.60. The number of nitrogens with zero attached hydrogens (tertiary/aromatic N) is 2. The van der Waals surface area contributed by atoms with Crippen LogP contribution in [0.4, 0.5) is 24.5 Å². The molecule has 1 atom stereocenters. The number of para-hydroxylation sites is 1. The Morgan fingerprint density at radius 3 is 2.50 bits per heavy atom. The highest BCUT2D eigenvalue weighted by Gasteiger charge is 2.46. The molecule has 168 valence electrons. The first kappa shape index (κ1) is 22.2. The molecule has 1 aliphatic heterocycles. The van der Waals surface area contributed by atoms with E-state index in [4.69, 9.17) is 4.74 Å². The number of hydrogen-bond donors (Lipinski definition) is 1. The van der Waals surface area contributed by atoms with Crippen molar-refractivity contribution >= 4 is 40.1 Å². The van der Waals surface area contributed by atoms with Crippen LogP contribution in [0.15, 0.2) is 53.5 Å². The molecule has 1 heterocycles. The molecule has 1 saturated carbocycles. The summed E-state index contributed by atoms with van der Waals surface area (Å²) in [5.41, 5.74) is -0.623. The molecule has 2 amide bonds. The van der Waals surface area contributed by atoms with E-state index in [0.717, 1.165) is 30.7 Å². The van der Waals surface area contributed by atoms with Gasteiger partial charge in [0.1, 0.15) is 11.0 Å². The molecule has 1 aliphatic carbocycles. The summed E-state index contributed by atoms with van der Waals surface area (Å²) in [6, 6.07) is 11.8. The largest absolute Gasteiger partial charge is 0.497 e. The summed E-state index contributed by atoms with van der Waals surface area (Å²) >= 11 is 1.16. The Labute approximate surface area is 186 Å². The zero-order chi connectivity index (χ0) is 22.9. The van der Waals surface area contributed by atoms with E-state index in [-0.39, 0.29) is 24.1 Å². The van der Waals surface area contributed by atoms with Crippen LogP contribution >= 0.6 is 11.8 Å². The molecule has 0 aromatic heterocycles. The smallest absolute Gasteiger partial charge is 0.418 e. The fraction of sp³-hybridized carbons (Fsp3) is 0.318. The maximum Gasteiger partial charge on any atom is 0.418 e. The molecular formula is C22H20F3N3O3S. The molecule has 0 spiro atoms. The van der Waals surface area contributed by atoms with Gasteiger partial charge in [-0.05, 0) is 49.2 Å². The number of amidine groups is 1. The number of rotatable bonds is 6. The predicted octanol–water partition coefficient (Wildman–Crippen LogP) is 4.84. The molecule has 1 unspecified atom stereocenters. The van der Waals surface area contributed by atoms with E-state index < -0.39 is 22.9 Å². The van der Waals surface area contributed by atoms with Crippen molar-refractivity contribution in [1.82, 2.24) is 4.90 Å². The zero-order valence-electron chi connectivity index (χ0n) is 17.1. The standard InChI is InChI=1S/C22H20F3N3O3S/c1-31-15-10-6-13(7-11-15)26-21-28(14-8-9-14)20(30)18(32-21)12-19(29)27-17-5-3-2-4-16(17)22(23,24)25/h2-7,10-11,14,18H,8-9,12H2,1H3,(H,27,29). The Morgan fingerprint density at radius 1 is 1.19 bits per heavy atom. The molecule has 0 radical (unpaired) electrons. The van der Waals surface area contributed by atoms with Crippen molar-refractivity contribution in [3.63, 3.8) is 0 Å². The van der Waals surface area contributed by atoms with E-state index in [1.54, 1.807) is 36.3 Å². The van der Waals surface area contributed by atoms with E-state index >= 15 is 0 Å². The average Bonchev–Trinajstić information content (AvgIpc) is 3.54. The minimum Gasteiger partial charge on any atom is -0.497 e. The summed E-state index contributed by atoms with van der Waals surface area (Å²) in [6.07, 6.45) is -3.14. The Bertz CT molecular complexity index is 1050. The van der Waals surface area contributed by atoms with Crippen molar-refractivity contribution < 1.29 is 27.5 Å². The van der Waals surface area contributed by atoms with Crippen molar-refractivity contribution in [3.05, 3.63) is 54.1 Å².